The molecule has 0 aliphatic heterocycles. The highest BCUT2D eigenvalue weighted by molar-refractivity contribution is 7.98. The first kappa shape index (κ1) is 12.8. The van der Waals surface area contributed by atoms with Crippen LogP contribution in [0.2, 0.25) is 0 Å². The number of anilines is 1. The number of hydrogen-bond acceptors (Lipinski definition) is 6. The summed E-state index contributed by atoms with van der Waals surface area (Å²) in [5.74, 6) is 0.831. The van der Waals surface area contributed by atoms with Gasteiger partial charge in [-0.25, -0.2) is 0 Å². The summed E-state index contributed by atoms with van der Waals surface area (Å²) in [5, 5.41) is 19.9. The summed E-state index contributed by atoms with van der Waals surface area (Å²) in [6, 6.07) is 3.93. The number of unbranched alkanes of at least 4 members (excludes halogenated alkanes) is 1. The third-order valence-electron chi connectivity index (χ3n) is 2.46. The van der Waals surface area contributed by atoms with Crippen molar-refractivity contribution < 1.29 is 0 Å². The molecule has 2 aromatic rings. The van der Waals surface area contributed by atoms with E-state index in [4.69, 9.17) is 0 Å². The van der Waals surface area contributed by atoms with Crippen molar-refractivity contribution >= 4 is 17.6 Å². The Kier molecular flexibility index (Phi) is 4.95. The number of aromatic nitrogens is 5. The Morgan fingerprint density at radius 2 is 2.00 bits per heavy atom. The summed E-state index contributed by atoms with van der Waals surface area (Å²) < 4.78 is 1.98. The predicted molar refractivity (Wildman–Crippen MR) is 71.6 cm³/mol. The second-order valence-electron chi connectivity index (χ2n) is 3.79. The van der Waals surface area contributed by atoms with E-state index in [1.165, 1.54) is 0 Å². The third kappa shape index (κ3) is 3.99. The summed E-state index contributed by atoms with van der Waals surface area (Å²) in [5.41, 5.74) is 0. The van der Waals surface area contributed by atoms with Gasteiger partial charge in [-0.15, -0.1) is 32.2 Å². The van der Waals surface area contributed by atoms with Gasteiger partial charge in [0.05, 0.1) is 0 Å². The number of thioether (sulfide) groups is 1. The molecule has 18 heavy (non-hydrogen) atoms. The minimum Gasteiger partial charge on any atom is -0.369 e. The summed E-state index contributed by atoms with van der Waals surface area (Å²) in [6.07, 6.45) is 7.62. The van der Waals surface area contributed by atoms with E-state index in [2.05, 4.69) is 25.7 Å². The molecular formula is C11H16N6S. The Morgan fingerprint density at radius 1 is 1.17 bits per heavy atom. The Balaban J connectivity index is 1.62. The summed E-state index contributed by atoms with van der Waals surface area (Å²) >= 11 is 1.59. The topological polar surface area (TPSA) is 68.5 Å². The van der Waals surface area contributed by atoms with Crippen LogP contribution in [0.4, 0.5) is 5.82 Å². The van der Waals surface area contributed by atoms with Crippen LogP contribution in [0.3, 0.4) is 0 Å². The summed E-state index contributed by atoms with van der Waals surface area (Å²) in [6.45, 7) is 1.85. The van der Waals surface area contributed by atoms with Gasteiger partial charge in [-0.1, -0.05) is 0 Å². The molecule has 0 aliphatic carbocycles. The van der Waals surface area contributed by atoms with Crippen LogP contribution in [0, 0.1) is 0 Å². The average Bonchev–Trinajstić information content (AvgIpc) is 2.92. The molecule has 0 aromatic carbocycles. The Bertz CT molecular complexity index is 441. The van der Waals surface area contributed by atoms with E-state index in [0.29, 0.717) is 0 Å². The zero-order valence-electron chi connectivity index (χ0n) is 10.3. The second kappa shape index (κ2) is 6.95. The van der Waals surface area contributed by atoms with Gasteiger partial charge in [0.25, 0.3) is 0 Å². The largest absolute Gasteiger partial charge is 0.369 e. The number of nitrogens with one attached hydrogen (secondary N) is 1. The summed E-state index contributed by atoms with van der Waals surface area (Å²) in [7, 11) is 0. The second-order valence-corrected chi connectivity index (χ2v) is 4.62. The molecule has 6 nitrogen and oxygen atoms in total. The van der Waals surface area contributed by atoms with E-state index in [0.717, 1.165) is 36.8 Å². The normalized spacial score (nSPS) is 10.5. The van der Waals surface area contributed by atoms with Crippen molar-refractivity contribution in [1.82, 2.24) is 25.0 Å². The van der Waals surface area contributed by atoms with E-state index >= 15 is 0 Å². The molecule has 1 N–H and O–H groups in total. The summed E-state index contributed by atoms with van der Waals surface area (Å²) in [4.78, 5) is 0. The first-order valence-corrected chi connectivity index (χ1v) is 7.05. The first-order chi connectivity index (χ1) is 8.88. The van der Waals surface area contributed by atoms with E-state index in [9.17, 15) is 0 Å². The highest BCUT2D eigenvalue weighted by atomic mass is 32.2. The lowest BCUT2D eigenvalue weighted by atomic mass is 10.3. The zero-order valence-corrected chi connectivity index (χ0v) is 11.1. The van der Waals surface area contributed by atoms with Crippen molar-refractivity contribution in [2.75, 3.05) is 18.1 Å². The molecule has 2 rings (SSSR count). The number of hydrogen-bond donors (Lipinski definition) is 1. The van der Waals surface area contributed by atoms with Gasteiger partial charge in [-0.3, -0.25) is 0 Å². The third-order valence-corrected chi connectivity index (χ3v) is 3.10. The molecule has 0 spiro atoms. The van der Waals surface area contributed by atoms with E-state index in [1.807, 2.05) is 23.0 Å². The molecule has 0 fully saturated rings. The molecule has 0 unspecified atom stereocenters. The first-order valence-electron chi connectivity index (χ1n) is 5.82. The van der Waals surface area contributed by atoms with Crippen molar-refractivity contribution in [3.05, 3.63) is 24.8 Å². The van der Waals surface area contributed by atoms with Gasteiger partial charge in [0, 0.05) is 13.1 Å². The maximum atomic E-state index is 4.09. The Morgan fingerprint density at radius 3 is 2.67 bits per heavy atom. The number of nitrogens with zero attached hydrogens (tertiary/aromatic N) is 5. The van der Waals surface area contributed by atoms with E-state index in [-0.39, 0.29) is 0 Å². The molecule has 0 bridgehead atoms. The van der Waals surface area contributed by atoms with Crippen LogP contribution >= 0.6 is 11.8 Å². The molecule has 7 heteroatoms. The van der Waals surface area contributed by atoms with Crippen LogP contribution < -0.4 is 5.32 Å². The monoisotopic (exact) mass is 264 g/mol. The molecule has 2 aromatic heterocycles. The van der Waals surface area contributed by atoms with E-state index in [1.54, 1.807) is 24.4 Å². The minimum atomic E-state index is 0.831. The SMILES string of the molecule is CSc1ccc(NCCCCn2cnnc2)nn1. The van der Waals surface area contributed by atoms with Crippen LogP contribution in [0.25, 0.3) is 0 Å². The fourth-order valence-electron chi connectivity index (χ4n) is 1.50. The lowest BCUT2D eigenvalue weighted by molar-refractivity contribution is 0.619. The van der Waals surface area contributed by atoms with Crippen molar-refractivity contribution in [2.45, 2.75) is 24.4 Å². The highest BCUT2D eigenvalue weighted by Gasteiger charge is 1.96. The van der Waals surface area contributed by atoms with Crippen molar-refractivity contribution in [3.63, 3.8) is 0 Å². The molecular weight excluding hydrogens is 248 g/mol. The predicted octanol–water partition coefficient (Wildman–Crippen LogP) is 1.68. The maximum absolute atomic E-state index is 4.09. The van der Waals surface area contributed by atoms with Gasteiger partial charge in [-0.05, 0) is 31.2 Å². The lowest BCUT2D eigenvalue weighted by Gasteiger charge is -2.05. The van der Waals surface area contributed by atoms with Gasteiger partial charge in [0.2, 0.25) is 0 Å². The van der Waals surface area contributed by atoms with Crippen molar-refractivity contribution in [2.24, 2.45) is 0 Å². The van der Waals surface area contributed by atoms with Gasteiger partial charge >= 0.3 is 0 Å². The van der Waals surface area contributed by atoms with Crippen LogP contribution in [0.15, 0.2) is 29.8 Å². The average molecular weight is 264 g/mol. The van der Waals surface area contributed by atoms with E-state index < -0.39 is 0 Å². The molecule has 2 heterocycles. The van der Waals surface area contributed by atoms with Gasteiger partial charge < -0.3 is 9.88 Å². The van der Waals surface area contributed by atoms with Gasteiger partial charge in [-0.2, -0.15) is 0 Å². The minimum absolute atomic E-state index is 0.831. The fourth-order valence-corrected chi connectivity index (χ4v) is 1.82. The standard InChI is InChI=1S/C11H16N6S/c1-18-11-5-4-10(15-16-11)12-6-2-3-7-17-8-13-14-9-17/h4-5,8-9H,2-3,6-7H2,1H3,(H,12,15). The van der Waals surface area contributed by atoms with Crippen LogP contribution in [-0.4, -0.2) is 37.8 Å². The van der Waals surface area contributed by atoms with Gasteiger partial charge in [0.1, 0.15) is 23.5 Å². The highest BCUT2D eigenvalue weighted by Crippen LogP contribution is 2.11. The smallest absolute Gasteiger partial charge is 0.148 e. The molecule has 0 amide bonds. The zero-order chi connectivity index (χ0) is 12.6. The van der Waals surface area contributed by atoms with Crippen LogP contribution in [0.5, 0.6) is 0 Å². The number of rotatable bonds is 7. The Labute approximate surface area is 110 Å². The maximum Gasteiger partial charge on any atom is 0.148 e. The quantitative estimate of drug-likeness (QED) is 0.606. The fraction of sp³-hybridized carbons (Fsp3) is 0.455. The lowest BCUT2D eigenvalue weighted by Crippen LogP contribution is -2.05. The van der Waals surface area contributed by atoms with Crippen molar-refractivity contribution in [1.29, 1.82) is 0 Å². The van der Waals surface area contributed by atoms with Gasteiger partial charge in [0.15, 0.2) is 0 Å². The van der Waals surface area contributed by atoms with Crippen LogP contribution in [-0.2, 0) is 6.54 Å². The molecule has 96 valence electrons. The number of aryl methyl sites for hydroxylation is 1. The molecule has 0 saturated heterocycles. The molecule has 0 radical (unpaired) electrons. The molecule has 0 saturated carbocycles. The Hall–Kier alpha value is -1.63. The van der Waals surface area contributed by atoms with Crippen LogP contribution in [0.1, 0.15) is 12.8 Å². The molecule has 0 atom stereocenters. The van der Waals surface area contributed by atoms with Crippen molar-refractivity contribution in [3.8, 4) is 0 Å². The molecule has 0 aliphatic rings.